The fourth-order valence-corrected chi connectivity index (χ4v) is 3.34. The van der Waals surface area contributed by atoms with Gasteiger partial charge < -0.3 is 10.2 Å². The molecule has 2 rings (SSSR count). The topological polar surface area (TPSA) is 15.3 Å². The summed E-state index contributed by atoms with van der Waals surface area (Å²) in [5.41, 5.74) is 0.519. The third kappa shape index (κ3) is 2.60. The van der Waals surface area contributed by atoms with Crippen LogP contribution in [0, 0.1) is 5.92 Å². The van der Waals surface area contributed by atoms with Crippen LogP contribution in [-0.4, -0.2) is 36.1 Å². The van der Waals surface area contributed by atoms with Gasteiger partial charge in [0.1, 0.15) is 0 Å². The molecule has 2 heteroatoms. The first-order chi connectivity index (χ1) is 7.63. The summed E-state index contributed by atoms with van der Waals surface area (Å²) >= 11 is 0. The molecule has 0 aromatic heterocycles. The van der Waals surface area contributed by atoms with Crippen molar-refractivity contribution >= 4 is 0 Å². The van der Waals surface area contributed by atoms with Crippen molar-refractivity contribution in [3.05, 3.63) is 0 Å². The zero-order chi connectivity index (χ0) is 11.6. The van der Waals surface area contributed by atoms with Crippen molar-refractivity contribution in [1.82, 2.24) is 10.2 Å². The van der Waals surface area contributed by atoms with Crippen LogP contribution in [0.1, 0.15) is 52.9 Å². The summed E-state index contributed by atoms with van der Waals surface area (Å²) < 4.78 is 0. The fraction of sp³-hybridized carbons (Fsp3) is 1.00. The summed E-state index contributed by atoms with van der Waals surface area (Å²) in [7, 11) is 0. The first-order valence-corrected chi connectivity index (χ1v) is 7.12. The van der Waals surface area contributed by atoms with Gasteiger partial charge in [0.25, 0.3) is 0 Å². The summed E-state index contributed by atoms with van der Waals surface area (Å²) in [5, 5.41) is 3.77. The Labute approximate surface area is 101 Å². The monoisotopic (exact) mass is 224 g/mol. The maximum Gasteiger partial charge on any atom is 0.0194 e. The van der Waals surface area contributed by atoms with Crippen molar-refractivity contribution in [3.63, 3.8) is 0 Å². The van der Waals surface area contributed by atoms with Gasteiger partial charge in [0.15, 0.2) is 0 Å². The van der Waals surface area contributed by atoms with E-state index < -0.39 is 0 Å². The van der Waals surface area contributed by atoms with Gasteiger partial charge in [-0.1, -0.05) is 13.8 Å². The zero-order valence-corrected chi connectivity index (χ0v) is 11.3. The van der Waals surface area contributed by atoms with Gasteiger partial charge >= 0.3 is 0 Å². The van der Waals surface area contributed by atoms with Crippen LogP contribution in [0.3, 0.4) is 0 Å². The molecule has 2 aliphatic rings. The molecule has 0 saturated carbocycles. The molecular formula is C14H28N2. The second-order valence-corrected chi connectivity index (χ2v) is 6.18. The summed E-state index contributed by atoms with van der Waals surface area (Å²) in [5.74, 6) is 0.783. The minimum atomic E-state index is 0.519. The lowest BCUT2D eigenvalue weighted by Gasteiger charge is -2.32. The first-order valence-electron chi connectivity index (χ1n) is 7.12. The van der Waals surface area contributed by atoms with Gasteiger partial charge in [0.2, 0.25) is 0 Å². The van der Waals surface area contributed by atoms with Gasteiger partial charge in [-0.15, -0.1) is 0 Å². The predicted octanol–water partition coefficient (Wildman–Crippen LogP) is 2.64. The molecule has 0 amide bonds. The Hall–Kier alpha value is -0.0800. The highest BCUT2D eigenvalue weighted by molar-refractivity contribution is 4.95. The van der Waals surface area contributed by atoms with Gasteiger partial charge in [-0.05, 0) is 58.0 Å². The van der Waals surface area contributed by atoms with Gasteiger partial charge in [-0.2, -0.15) is 0 Å². The van der Waals surface area contributed by atoms with Gasteiger partial charge in [0.05, 0.1) is 0 Å². The van der Waals surface area contributed by atoms with Gasteiger partial charge in [-0.3, -0.25) is 0 Å². The molecule has 2 heterocycles. The van der Waals surface area contributed by atoms with E-state index in [0.717, 1.165) is 12.0 Å². The average Bonchev–Trinajstić information content (AvgIpc) is 2.60. The Bertz CT molecular complexity index is 219. The molecule has 2 unspecified atom stereocenters. The Morgan fingerprint density at radius 1 is 1.00 bits per heavy atom. The molecule has 0 radical (unpaired) electrons. The number of hydrogen-bond acceptors (Lipinski definition) is 2. The maximum absolute atomic E-state index is 3.77. The van der Waals surface area contributed by atoms with E-state index in [1.165, 1.54) is 51.7 Å². The van der Waals surface area contributed by atoms with E-state index in [-0.39, 0.29) is 0 Å². The van der Waals surface area contributed by atoms with Gasteiger partial charge in [0, 0.05) is 18.1 Å². The van der Waals surface area contributed by atoms with E-state index in [9.17, 15) is 0 Å². The number of rotatable bonds is 2. The summed E-state index contributed by atoms with van der Waals surface area (Å²) in [6.07, 6.45) is 6.94. The molecule has 2 atom stereocenters. The van der Waals surface area contributed by atoms with Crippen molar-refractivity contribution in [2.45, 2.75) is 64.5 Å². The molecule has 2 nitrogen and oxygen atoms in total. The second kappa shape index (κ2) is 5.05. The molecule has 1 spiro atoms. The van der Waals surface area contributed by atoms with Crippen LogP contribution in [0.2, 0.25) is 0 Å². The maximum atomic E-state index is 3.77. The van der Waals surface area contributed by atoms with Crippen molar-refractivity contribution in [3.8, 4) is 0 Å². The van der Waals surface area contributed by atoms with Crippen LogP contribution in [0.5, 0.6) is 0 Å². The third-order valence-corrected chi connectivity index (χ3v) is 4.85. The summed E-state index contributed by atoms with van der Waals surface area (Å²) in [4.78, 5) is 2.71. The highest BCUT2D eigenvalue weighted by Gasteiger charge is 2.35. The van der Waals surface area contributed by atoms with E-state index in [4.69, 9.17) is 0 Å². The van der Waals surface area contributed by atoms with E-state index in [1.54, 1.807) is 0 Å². The van der Waals surface area contributed by atoms with Crippen LogP contribution in [-0.2, 0) is 0 Å². The second-order valence-electron chi connectivity index (χ2n) is 6.18. The fourth-order valence-electron chi connectivity index (χ4n) is 3.34. The van der Waals surface area contributed by atoms with E-state index in [1.807, 2.05) is 0 Å². The van der Waals surface area contributed by atoms with Gasteiger partial charge in [-0.25, -0.2) is 0 Å². The molecular weight excluding hydrogens is 196 g/mol. The highest BCUT2D eigenvalue weighted by Crippen LogP contribution is 2.31. The van der Waals surface area contributed by atoms with Crippen molar-refractivity contribution < 1.29 is 0 Å². The molecule has 2 fully saturated rings. The zero-order valence-electron chi connectivity index (χ0n) is 11.3. The van der Waals surface area contributed by atoms with E-state index in [2.05, 4.69) is 31.0 Å². The molecule has 2 aliphatic heterocycles. The van der Waals surface area contributed by atoms with Crippen LogP contribution in [0.15, 0.2) is 0 Å². The molecule has 0 bridgehead atoms. The molecule has 94 valence electrons. The largest absolute Gasteiger partial charge is 0.311 e. The molecule has 16 heavy (non-hydrogen) atoms. The smallest absolute Gasteiger partial charge is 0.0194 e. The van der Waals surface area contributed by atoms with Crippen molar-refractivity contribution in [2.24, 2.45) is 5.92 Å². The van der Waals surface area contributed by atoms with E-state index in [0.29, 0.717) is 5.54 Å². The number of hydrogen-bond donors (Lipinski definition) is 1. The molecule has 0 aromatic carbocycles. The van der Waals surface area contributed by atoms with E-state index >= 15 is 0 Å². The summed E-state index contributed by atoms with van der Waals surface area (Å²) in [6, 6.07) is 0.747. The van der Waals surface area contributed by atoms with Crippen molar-refractivity contribution in [2.75, 3.05) is 19.6 Å². The molecule has 0 aromatic rings. The lowest BCUT2D eigenvalue weighted by molar-refractivity contribution is 0.170. The quantitative estimate of drug-likeness (QED) is 0.776. The minimum Gasteiger partial charge on any atom is -0.311 e. The highest BCUT2D eigenvalue weighted by atomic mass is 15.2. The predicted molar refractivity (Wildman–Crippen MR) is 69.7 cm³/mol. The normalized spacial score (nSPS) is 34.5. The van der Waals surface area contributed by atoms with Crippen LogP contribution >= 0.6 is 0 Å². The van der Waals surface area contributed by atoms with Crippen LogP contribution < -0.4 is 5.32 Å². The third-order valence-electron chi connectivity index (χ3n) is 4.85. The Kier molecular flexibility index (Phi) is 3.91. The van der Waals surface area contributed by atoms with Crippen LogP contribution in [0.4, 0.5) is 0 Å². The Morgan fingerprint density at radius 2 is 1.75 bits per heavy atom. The van der Waals surface area contributed by atoms with Crippen LogP contribution in [0.25, 0.3) is 0 Å². The lowest BCUT2D eigenvalue weighted by Crippen LogP contribution is -2.42. The SMILES string of the molecule is CC(C)C(C)N1CCCC2(CCCN2)CC1. The molecule has 1 N–H and O–H groups in total. The number of likely N-dealkylation sites (tertiary alicyclic amines) is 1. The summed E-state index contributed by atoms with van der Waals surface area (Å²) in [6.45, 7) is 10.9. The Morgan fingerprint density at radius 3 is 2.38 bits per heavy atom. The molecule has 0 aliphatic carbocycles. The van der Waals surface area contributed by atoms with Crippen molar-refractivity contribution in [1.29, 1.82) is 0 Å². The average molecular weight is 224 g/mol. The Balaban J connectivity index is 1.92. The standard InChI is InChI=1S/C14H28N2/c1-12(2)13(3)16-10-5-7-14(8-11-16)6-4-9-15-14/h12-13,15H,4-11H2,1-3H3. The first kappa shape index (κ1) is 12.4. The number of nitrogens with zero attached hydrogens (tertiary/aromatic N) is 1. The number of nitrogens with one attached hydrogen (secondary N) is 1. The lowest BCUT2D eigenvalue weighted by atomic mass is 9.89. The minimum absolute atomic E-state index is 0.519. The molecule has 2 saturated heterocycles.